The molecular formula is C18H32Cl2O2Si. The highest BCUT2D eigenvalue weighted by Gasteiger charge is 2.64. The smallest absolute Gasteiger partial charge is 0.192 e. The first-order valence-corrected chi connectivity index (χ1v) is 12.7. The van der Waals surface area contributed by atoms with Crippen molar-refractivity contribution in [2.24, 2.45) is 17.8 Å². The third kappa shape index (κ3) is 3.68. The summed E-state index contributed by atoms with van der Waals surface area (Å²) in [6.45, 7) is 13.7. The number of Topliss-reactive ketones (excluding diaryl/α,β-unsaturated/α-hetero) is 1. The van der Waals surface area contributed by atoms with E-state index in [-0.39, 0.29) is 22.7 Å². The van der Waals surface area contributed by atoms with Crippen molar-refractivity contribution < 1.29 is 9.22 Å². The van der Waals surface area contributed by atoms with Crippen molar-refractivity contribution in [1.29, 1.82) is 0 Å². The van der Waals surface area contributed by atoms with E-state index in [1.165, 1.54) is 0 Å². The lowest BCUT2D eigenvalue weighted by molar-refractivity contribution is -0.135. The maximum Gasteiger partial charge on any atom is 0.192 e. The summed E-state index contributed by atoms with van der Waals surface area (Å²) in [6.07, 6.45) is 5.52. The molecule has 0 N–H and O–H groups in total. The highest BCUT2D eigenvalue weighted by molar-refractivity contribution is 6.74. The third-order valence-corrected chi connectivity index (χ3v) is 11.9. The zero-order chi connectivity index (χ0) is 17.6. The minimum Gasteiger partial charge on any atom is -0.414 e. The molecule has 5 heteroatoms. The average Bonchev–Trinajstić information content (AvgIpc) is 2.83. The fourth-order valence-electron chi connectivity index (χ4n) is 3.90. The van der Waals surface area contributed by atoms with Crippen LogP contribution in [0.4, 0.5) is 0 Å². The van der Waals surface area contributed by atoms with Gasteiger partial charge in [0.1, 0.15) is 0 Å². The van der Waals surface area contributed by atoms with Gasteiger partial charge in [0.05, 0.1) is 0 Å². The van der Waals surface area contributed by atoms with Gasteiger partial charge in [0.25, 0.3) is 0 Å². The minimum absolute atomic E-state index is 0.0536. The topological polar surface area (TPSA) is 26.3 Å². The molecule has 2 aliphatic rings. The highest BCUT2D eigenvalue weighted by Crippen LogP contribution is 2.60. The molecule has 134 valence electrons. The van der Waals surface area contributed by atoms with E-state index < -0.39 is 12.7 Å². The van der Waals surface area contributed by atoms with Gasteiger partial charge in [-0.15, -0.1) is 0 Å². The van der Waals surface area contributed by atoms with Crippen LogP contribution in [0.15, 0.2) is 0 Å². The Bertz CT molecular complexity index is 456. The van der Waals surface area contributed by atoms with Gasteiger partial charge >= 0.3 is 0 Å². The molecule has 2 nitrogen and oxygen atoms in total. The van der Waals surface area contributed by atoms with Gasteiger partial charge in [0.2, 0.25) is 0 Å². The molecule has 2 aliphatic carbocycles. The van der Waals surface area contributed by atoms with Gasteiger partial charge in [-0.2, -0.15) is 0 Å². The summed E-state index contributed by atoms with van der Waals surface area (Å²) < 4.78 is 5.45. The van der Waals surface area contributed by atoms with E-state index in [1.807, 2.05) is 0 Å². The van der Waals surface area contributed by atoms with Gasteiger partial charge in [0.15, 0.2) is 18.4 Å². The van der Waals surface area contributed by atoms with E-state index in [2.05, 4.69) is 40.8 Å². The summed E-state index contributed by atoms with van der Waals surface area (Å²) in [4.78, 5) is 11.9. The van der Waals surface area contributed by atoms with Gasteiger partial charge in [-0.3, -0.25) is 4.79 Å². The van der Waals surface area contributed by atoms with Crippen LogP contribution in [0.5, 0.6) is 0 Å². The number of halogens is 2. The minimum atomic E-state index is -1.73. The van der Waals surface area contributed by atoms with Crippen LogP contribution in [-0.4, -0.2) is 24.5 Å². The van der Waals surface area contributed by atoms with Crippen molar-refractivity contribution >= 4 is 37.3 Å². The number of carbonyl (C=O) groups excluding carboxylic acids is 1. The van der Waals surface area contributed by atoms with Crippen LogP contribution >= 0.6 is 23.2 Å². The SMILES string of the molecule is CCC(CCC1CCC2C(=O)C(Cl)(Cl)C12)O[Si](C)(C)C(C)(C)C. The molecule has 2 saturated carbocycles. The molecule has 0 heterocycles. The standard InChI is InChI=1S/C18H32Cl2O2Si/c1-7-13(22-23(5,6)17(2,3)4)10-8-12-9-11-14-15(12)18(19,20)16(14)21/h12-15H,7-11H2,1-6H3. The molecule has 23 heavy (non-hydrogen) atoms. The number of alkyl halides is 2. The number of carbonyl (C=O) groups is 1. The summed E-state index contributed by atoms with van der Waals surface area (Å²) >= 11 is 12.5. The van der Waals surface area contributed by atoms with Gasteiger partial charge in [-0.05, 0) is 56.2 Å². The average molecular weight is 379 g/mol. The molecule has 0 radical (unpaired) electrons. The second-order valence-corrected chi connectivity index (χ2v) is 15.1. The lowest BCUT2D eigenvalue weighted by atomic mass is 9.69. The van der Waals surface area contributed by atoms with Crippen molar-refractivity contribution in [2.75, 3.05) is 0 Å². The van der Waals surface area contributed by atoms with E-state index >= 15 is 0 Å². The van der Waals surface area contributed by atoms with Crippen LogP contribution in [-0.2, 0) is 9.22 Å². The molecule has 2 rings (SSSR count). The lowest BCUT2D eigenvalue weighted by Crippen LogP contribution is -2.55. The number of ketones is 1. The largest absolute Gasteiger partial charge is 0.414 e. The first-order chi connectivity index (χ1) is 10.4. The first-order valence-electron chi connectivity index (χ1n) is 9.01. The number of fused-ring (bicyclic) bond motifs is 1. The summed E-state index contributed by atoms with van der Waals surface area (Å²) in [5, 5.41) is 0.237. The van der Waals surface area contributed by atoms with Crippen molar-refractivity contribution in [1.82, 2.24) is 0 Å². The molecule has 0 aromatic rings. The van der Waals surface area contributed by atoms with Crippen LogP contribution in [0.3, 0.4) is 0 Å². The van der Waals surface area contributed by atoms with Crippen LogP contribution in [0.2, 0.25) is 18.1 Å². The van der Waals surface area contributed by atoms with Gasteiger partial charge in [-0.1, -0.05) is 50.9 Å². The van der Waals surface area contributed by atoms with Gasteiger partial charge < -0.3 is 4.43 Å². The Morgan fingerprint density at radius 2 is 1.91 bits per heavy atom. The first kappa shape index (κ1) is 19.7. The van der Waals surface area contributed by atoms with Crippen LogP contribution in [0, 0.1) is 17.8 Å². The fourth-order valence-corrected chi connectivity index (χ4v) is 6.32. The zero-order valence-electron chi connectivity index (χ0n) is 15.4. The van der Waals surface area contributed by atoms with Crippen molar-refractivity contribution in [3.8, 4) is 0 Å². The Hall–Kier alpha value is 0.427. The summed E-state index contributed by atoms with van der Waals surface area (Å²) in [7, 11) is -1.73. The normalized spacial score (nSPS) is 31.7. The van der Waals surface area contributed by atoms with Crippen LogP contribution in [0.1, 0.15) is 59.8 Å². The molecule has 0 aromatic carbocycles. The number of hydrogen-bond donors (Lipinski definition) is 0. The van der Waals surface area contributed by atoms with Crippen molar-refractivity contribution in [3.63, 3.8) is 0 Å². The molecule has 4 unspecified atom stereocenters. The van der Waals surface area contributed by atoms with Crippen molar-refractivity contribution in [2.45, 2.75) is 88.4 Å². The molecule has 2 fully saturated rings. The van der Waals surface area contributed by atoms with E-state index in [0.717, 1.165) is 32.1 Å². The second-order valence-electron chi connectivity index (χ2n) is 8.94. The molecule has 4 atom stereocenters. The quantitative estimate of drug-likeness (QED) is 0.420. The predicted molar refractivity (Wildman–Crippen MR) is 101 cm³/mol. The molecule has 0 spiro atoms. The molecule has 0 amide bonds. The Morgan fingerprint density at radius 1 is 1.30 bits per heavy atom. The number of hydrogen-bond acceptors (Lipinski definition) is 2. The van der Waals surface area contributed by atoms with Crippen LogP contribution < -0.4 is 0 Å². The van der Waals surface area contributed by atoms with Crippen molar-refractivity contribution in [3.05, 3.63) is 0 Å². The molecule has 0 aliphatic heterocycles. The number of rotatable bonds is 6. The molecule has 0 bridgehead atoms. The van der Waals surface area contributed by atoms with E-state index in [1.54, 1.807) is 0 Å². The van der Waals surface area contributed by atoms with E-state index in [9.17, 15) is 4.79 Å². The summed E-state index contributed by atoms with van der Waals surface area (Å²) in [6, 6.07) is 0. The fraction of sp³-hybridized carbons (Fsp3) is 0.944. The zero-order valence-corrected chi connectivity index (χ0v) is 17.9. The Labute approximate surface area is 152 Å². The molecular weight excluding hydrogens is 347 g/mol. The van der Waals surface area contributed by atoms with E-state index in [4.69, 9.17) is 27.6 Å². The van der Waals surface area contributed by atoms with Gasteiger partial charge in [0, 0.05) is 17.9 Å². The second kappa shape index (κ2) is 6.62. The Kier molecular flexibility index (Phi) is 5.69. The van der Waals surface area contributed by atoms with Crippen LogP contribution in [0.25, 0.3) is 0 Å². The molecule has 0 saturated heterocycles. The lowest BCUT2D eigenvalue weighted by Gasteiger charge is -2.44. The highest BCUT2D eigenvalue weighted by atomic mass is 35.5. The Balaban J connectivity index is 1.91. The maximum atomic E-state index is 11.9. The van der Waals surface area contributed by atoms with Gasteiger partial charge in [-0.25, -0.2) is 0 Å². The van der Waals surface area contributed by atoms with E-state index in [0.29, 0.717) is 12.0 Å². The molecule has 0 aromatic heterocycles. The maximum absolute atomic E-state index is 11.9. The Morgan fingerprint density at radius 3 is 2.43 bits per heavy atom. The summed E-state index contributed by atoms with van der Waals surface area (Å²) in [5.74, 6) is 0.822. The predicted octanol–water partition coefficient (Wildman–Crippen LogP) is 5.97. The summed E-state index contributed by atoms with van der Waals surface area (Å²) in [5.41, 5.74) is 0. The monoisotopic (exact) mass is 378 g/mol. The third-order valence-electron chi connectivity index (χ3n) is 6.46.